The molecule has 1 unspecified atom stereocenters. The predicted molar refractivity (Wildman–Crippen MR) is 163 cm³/mol. The third-order valence-corrected chi connectivity index (χ3v) is 7.61. The van der Waals surface area contributed by atoms with Crippen LogP contribution in [-0.2, 0) is 9.53 Å². The van der Waals surface area contributed by atoms with Gasteiger partial charge in [-0.05, 0) is 75.6 Å². The highest BCUT2D eigenvalue weighted by atomic mass is 32.1. The van der Waals surface area contributed by atoms with Crippen LogP contribution >= 0.6 is 11.3 Å². The third-order valence-electron chi connectivity index (χ3n) is 6.62. The Morgan fingerprint density at radius 1 is 1.05 bits per heavy atom. The molecule has 0 spiro atoms. The fourth-order valence-electron chi connectivity index (χ4n) is 4.68. The lowest BCUT2D eigenvalue weighted by atomic mass is 9.95. The number of methoxy groups -OCH3 is 2. The average molecular weight is 595 g/mol. The van der Waals surface area contributed by atoms with Crippen LogP contribution in [0.3, 0.4) is 0 Å². The zero-order valence-electron chi connectivity index (χ0n) is 25.2. The van der Waals surface area contributed by atoms with Crippen molar-refractivity contribution in [2.45, 2.75) is 59.6 Å². The quantitative estimate of drug-likeness (QED) is 0.220. The molecule has 1 aromatic heterocycles. The summed E-state index contributed by atoms with van der Waals surface area (Å²) < 4.78 is 30.3. The second-order valence-electron chi connectivity index (χ2n) is 9.99. The van der Waals surface area contributed by atoms with Crippen LogP contribution in [0.4, 0.5) is 0 Å². The molecule has 1 atom stereocenters. The minimum atomic E-state index is -0.770. The monoisotopic (exact) mass is 594 g/mol. The van der Waals surface area contributed by atoms with Gasteiger partial charge in [-0.15, -0.1) is 0 Å². The van der Waals surface area contributed by atoms with Crippen molar-refractivity contribution >= 4 is 23.4 Å². The van der Waals surface area contributed by atoms with Crippen LogP contribution in [0.15, 0.2) is 57.5 Å². The molecule has 2 heterocycles. The highest BCUT2D eigenvalue weighted by Gasteiger charge is 2.34. The van der Waals surface area contributed by atoms with E-state index in [1.54, 1.807) is 50.8 Å². The first-order chi connectivity index (χ1) is 20.2. The molecule has 0 amide bonds. The Bertz CT molecular complexity index is 1650. The summed E-state index contributed by atoms with van der Waals surface area (Å²) in [6, 6.07) is 10.2. The van der Waals surface area contributed by atoms with Gasteiger partial charge in [-0.1, -0.05) is 36.8 Å². The Hall–Kier alpha value is -4.05. The van der Waals surface area contributed by atoms with E-state index in [0.717, 1.165) is 18.4 Å². The second-order valence-corrected chi connectivity index (χ2v) is 11.0. The van der Waals surface area contributed by atoms with Crippen molar-refractivity contribution in [3.8, 4) is 23.0 Å². The SMILES string of the molecule is CCCCOc1ccc(C=c2sc3n(c2=O)C(c2ccc(OC(C)C)c(OC)c2)C(C(=O)OCC)=C(C)N=3)cc1OC. The summed E-state index contributed by atoms with van der Waals surface area (Å²) in [5.41, 5.74) is 1.95. The smallest absolute Gasteiger partial charge is 0.338 e. The fourth-order valence-corrected chi connectivity index (χ4v) is 5.73. The van der Waals surface area contributed by atoms with E-state index in [2.05, 4.69) is 11.9 Å². The summed E-state index contributed by atoms with van der Waals surface area (Å²) in [6.45, 7) is 10.3. The van der Waals surface area contributed by atoms with Gasteiger partial charge in [0.1, 0.15) is 0 Å². The number of thiazole rings is 1. The van der Waals surface area contributed by atoms with Crippen molar-refractivity contribution < 1.29 is 28.5 Å². The Kier molecular flexibility index (Phi) is 10.1. The van der Waals surface area contributed by atoms with E-state index in [1.807, 2.05) is 38.1 Å². The number of allylic oxidation sites excluding steroid dienone is 1. The van der Waals surface area contributed by atoms with Crippen molar-refractivity contribution in [3.05, 3.63) is 78.5 Å². The number of rotatable bonds is 12. The number of aromatic nitrogens is 1. The van der Waals surface area contributed by atoms with E-state index in [9.17, 15) is 9.59 Å². The lowest BCUT2D eigenvalue weighted by Gasteiger charge is -2.25. The van der Waals surface area contributed by atoms with Gasteiger partial charge in [-0.3, -0.25) is 9.36 Å². The van der Waals surface area contributed by atoms with Crippen LogP contribution < -0.4 is 33.8 Å². The van der Waals surface area contributed by atoms with Crippen LogP contribution in [0.25, 0.3) is 6.08 Å². The molecule has 9 nitrogen and oxygen atoms in total. The summed E-state index contributed by atoms with van der Waals surface area (Å²) in [5.74, 6) is 1.77. The molecule has 1 aliphatic heterocycles. The Balaban J connectivity index is 1.86. The maximum Gasteiger partial charge on any atom is 0.338 e. The first kappa shape index (κ1) is 30.9. The average Bonchev–Trinajstić information content (AvgIpc) is 3.26. The maximum atomic E-state index is 14.0. The van der Waals surface area contributed by atoms with Gasteiger partial charge in [0.25, 0.3) is 5.56 Å². The first-order valence-electron chi connectivity index (χ1n) is 14.1. The van der Waals surface area contributed by atoms with Crippen LogP contribution in [-0.4, -0.2) is 44.1 Å². The number of hydrogen-bond acceptors (Lipinski definition) is 9. The zero-order valence-corrected chi connectivity index (χ0v) is 26.0. The molecule has 0 N–H and O–H groups in total. The molecule has 0 aliphatic carbocycles. The van der Waals surface area contributed by atoms with Crippen LogP contribution in [0.1, 0.15) is 64.6 Å². The van der Waals surface area contributed by atoms with Gasteiger partial charge < -0.3 is 23.7 Å². The number of nitrogens with zero attached hydrogens (tertiary/aromatic N) is 2. The number of ether oxygens (including phenoxy) is 5. The van der Waals surface area contributed by atoms with Crippen molar-refractivity contribution in [3.63, 3.8) is 0 Å². The fraction of sp³-hybridized carbons (Fsp3) is 0.406. The van der Waals surface area contributed by atoms with Crippen molar-refractivity contribution in [1.29, 1.82) is 0 Å². The molecular weight excluding hydrogens is 556 g/mol. The summed E-state index contributed by atoms with van der Waals surface area (Å²) in [5, 5.41) is 0. The molecule has 0 saturated carbocycles. The standard InChI is InChI=1S/C32H38N2O7S/c1-8-10-15-40-23-13-11-21(16-25(23)37-6)17-27-30(35)34-29(22-12-14-24(41-19(3)4)26(18-22)38-7)28(31(36)39-9-2)20(5)33-32(34)42-27/h11-14,16-19,29H,8-10,15H2,1-7H3. The highest BCUT2D eigenvalue weighted by molar-refractivity contribution is 7.07. The summed E-state index contributed by atoms with van der Waals surface area (Å²) >= 11 is 1.26. The molecule has 0 bridgehead atoms. The third kappa shape index (κ3) is 6.54. The van der Waals surface area contributed by atoms with Gasteiger partial charge in [0.05, 0.1) is 55.4 Å². The van der Waals surface area contributed by atoms with Gasteiger partial charge in [-0.25, -0.2) is 9.79 Å². The van der Waals surface area contributed by atoms with Gasteiger partial charge in [0, 0.05) is 0 Å². The van der Waals surface area contributed by atoms with Crippen molar-refractivity contribution in [2.24, 2.45) is 4.99 Å². The zero-order chi connectivity index (χ0) is 30.4. The topological polar surface area (TPSA) is 97.6 Å². The molecule has 4 rings (SSSR count). The molecule has 0 fully saturated rings. The molecule has 1 aliphatic rings. The first-order valence-corrected chi connectivity index (χ1v) is 14.9. The number of carbonyl (C=O) groups is 1. The number of carbonyl (C=O) groups excluding carboxylic acids is 1. The van der Waals surface area contributed by atoms with Gasteiger partial charge in [0.2, 0.25) is 0 Å². The molecule has 3 aromatic rings. The van der Waals surface area contributed by atoms with Gasteiger partial charge >= 0.3 is 5.97 Å². The number of esters is 1. The molecule has 10 heteroatoms. The Morgan fingerprint density at radius 3 is 2.43 bits per heavy atom. The lowest BCUT2D eigenvalue weighted by molar-refractivity contribution is -0.139. The van der Waals surface area contributed by atoms with E-state index in [0.29, 0.717) is 55.8 Å². The molecule has 0 radical (unpaired) electrons. The van der Waals surface area contributed by atoms with Crippen LogP contribution in [0, 0.1) is 0 Å². The minimum Gasteiger partial charge on any atom is -0.493 e. The van der Waals surface area contributed by atoms with Gasteiger partial charge in [-0.2, -0.15) is 0 Å². The summed E-state index contributed by atoms with van der Waals surface area (Å²) in [7, 11) is 3.14. The normalized spacial score (nSPS) is 14.9. The number of benzene rings is 2. The van der Waals surface area contributed by atoms with E-state index >= 15 is 0 Å². The van der Waals surface area contributed by atoms with E-state index in [1.165, 1.54) is 11.3 Å². The Morgan fingerprint density at radius 2 is 1.76 bits per heavy atom. The Labute approximate surface area is 249 Å². The molecule has 42 heavy (non-hydrogen) atoms. The highest BCUT2D eigenvalue weighted by Crippen LogP contribution is 2.36. The number of unbranched alkanes of at least 4 members (excludes halogenated alkanes) is 1. The predicted octanol–water partition coefficient (Wildman–Crippen LogP) is 4.78. The largest absolute Gasteiger partial charge is 0.493 e. The minimum absolute atomic E-state index is 0.0600. The lowest BCUT2D eigenvalue weighted by Crippen LogP contribution is -2.40. The summed E-state index contributed by atoms with van der Waals surface area (Å²) in [6.07, 6.45) is 3.71. The van der Waals surface area contributed by atoms with Crippen LogP contribution in [0.5, 0.6) is 23.0 Å². The second kappa shape index (κ2) is 13.7. The maximum absolute atomic E-state index is 14.0. The molecular formula is C32H38N2O7S. The number of hydrogen-bond donors (Lipinski definition) is 0. The van der Waals surface area contributed by atoms with Crippen molar-refractivity contribution in [1.82, 2.24) is 4.57 Å². The van der Waals surface area contributed by atoms with E-state index < -0.39 is 12.0 Å². The molecule has 0 saturated heterocycles. The number of fused-ring (bicyclic) bond motifs is 1. The van der Waals surface area contributed by atoms with Crippen LogP contribution in [0.2, 0.25) is 0 Å². The van der Waals surface area contributed by atoms with E-state index in [-0.39, 0.29) is 18.3 Å². The molecule has 2 aromatic carbocycles. The van der Waals surface area contributed by atoms with E-state index in [4.69, 9.17) is 23.7 Å². The van der Waals surface area contributed by atoms with Gasteiger partial charge in [0.15, 0.2) is 27.8 Å². The van der Waals surface area contributed by atoms with Crippen molar-refractivity contribution in [2.75, 3.05) is 27.4 Å². The molecule has 224 valence electrons. The summed E-state index contributed by atoms with van der Waals surface area (Å²) in [4.78, 5) is 32.4.